The molecule has 1 aliphatic carbocycles. The standard InChI is InChI=1S/C24H22N2O4S/c1-16-14-21(20-12-13-25-24(20)26(16)27)22-15-19(31(28,29)18-8-5-9-18)10-11-23(22)30-17-6-3-2-4-7-17/h2-4,6-7,10-15,18,27H,5,8-9H2,1H3. The number of fused-ring (bicyclic) bond motifs is 1. The summed E-state index contributed by atoms with van der Waals surface area (Å²) in [6.45, 7) is 1.77. The lowest BCUT2D eigenvalue weighted by Gasteiger charge is -2.26. The largest absolute Gasteiger partial charge is 0.457 e. The van der Waals surface area contributed by atoms with Gasteiger partial charge in [0.05, 0.1) is 15.8 Å². The van der Waals surface area contributed by atoms with Crippen molar-refractivity contribution < 1.29 is 18.4 Å². The highest BCUT2D eigenvalue weighted by molar-refractivity contribution is 7.92. The number of rotatable bonds is 5. The van der Waals surface area contributed by atoms with E-state index in [0.29, 0.717) is 51.9 Å². The molecule has 0 amide bonds. The van der Waals surface area contributed by atoms with Crippen molar-refractivity contribution in [1.82, 2.24) is 9.71 Å². The molecule has 0 unspecified atom stereocenters. The molecule has 0 saturated heterocycles. The third-order valence-corrected chi connectivity index (χ3v) is 8.15. The average molecular weight is 435 g/mol. The number of para-hydroxylation sites is 1. The van der Waals surface area contributed by atoms with Crippen LogP contribution in [0, 0.1) is 6.92 Å². The molecule has 1 fully saturated rings. The zero-order valence-corrected chi connectivity index (χ0v) is 17.8. The van der Waals surface area contributed by atoms with Crippen LogP contribution < -0.4 is 4.74 Å². The van der Waals surface area contributed by atoms with Crippen LogP contribution in [0.5, 0.6) is 11.5 Å². The molecule has 2 aromatic rings. The molecule has 0 bridgehead atoms. The van der Waals surface area contributed by atoms with Crippen molar-refractivity contribution in [2.75, 3.05) is 0 Å². The summed E-state index contributed by atoms with van der Waals surface area (Å²) in [7, 11) is -3.41. The second-order valence-electron chi connectivity index (χ2n) is 7.86. The second-order valence-corrected chi connectivity index (χ2v) is 10.1. The van der Waals surface area contributed by atoms with Gasteiger partial charge in [0, 0.05) is 17.3 Å². The predicted octanol–water partition coefficient (Wildman–Crippen LogP) is 5.32. The minimum atomic E-state index is -3.41. The summed E-state index contributed by atoms with van der Waals surface area (Å²) in [5.74, 6) is 1.60. The van der Waals surface area contributed by atoms with Gasteiger partial charge in [-0.3, -0.25) is 0 Å². The first kappa shape index (κ1) is 19.6. The molecule has 158 valence electrons. The molecule has 0 spiro atoms. The third-order valence-electron chi connectivity index (χ3n) is 5.89. The van der Waals surface area contributed by atoms with Gasteiger partial charge in [0.25, 0.3) is 0 Å². The van der Waals surface area contributed by atoms with Crippen molar-refractivity contribution in [3.63, 3.8) is 0 Å². The van der Waals surface area contributed by atoms with Crippen LogP contribution in [0.4, 0.5) is 0 Å². The number of ether oxygens (including phenoxy) is 1. The first-order valence-corrected chi connectivity index (χ1v) is 11.8. The Hall–Kier alpha value is -3.32. The molecule has 5 rings (SSSR count). The maximum atomic E-state index is 13.1. The van der Waals surface area contributed by atoms with Crippen LogP contribution in [0.2, 0.25) is 0 Å². The summed E-state index contributed by atoms with van der Waals surface area (Å²) in [6.07, 6.45) is 3.96. The number of benzene rings is 2. The van der Waals surface area contributed by atoms with Gasteiger partial charge in [-0.25, -0.2) is 13.4 Å². The van der Waals surface area contributed by atoms with Crippen LogP contribution in [-0.4, -0.2) is 28.6 Å². The van der Waals surface area contributed by atoms with Crippen LogP contribution in [0.15, 0.2) is 71.8 Å². The summed E-state index contributed by atoms with van der Waals surface area (Å²) in [5.41, 5.74) is 2.70. The lowest BCUT2D eigenvalue weighted by molar-refractivity contribution is 0.180. The Balaban J connectivity index is 1.71. The van der Waals surface area contributed by atoms with E-state index in [1.165, 1.54) is 0 Å². The van der Waals surface area contributed by atoms with E-state index in [1.54, 1.807) is 37.4 Å². The highest BCUT2D eigenvalue weighted by Gasteiger charge is 2.33. The number of aryl methyl sites for hydroxylation is 1. The predicted molar refractivity (Wildman–Crippen MR) is 118 cm³/mol. The maximum absolute atomic E-state index is 13.1. The van der Waals surface area contributed by atoms with Gasteiger partial charge in [-0.05, 0) is 67.8 Å². The Kier molecular flexibility index (Phi) is 4.70. The van der Waals surface area contributed by atoms with Crippen molar-refractivity contribution >= 4 is 9.84 Å². The smallest absolute Gasteiger partial charge is 0.181 e. The number of hydrogen-bond acceptors (Lipinski definition) is 5. The molecule has 3 aliphatic rings. The van der Waals surface area contributed by atoms with Crippen LogP contribution in [0.3, 0.4) is 0 Å². The Labute approximate surface area is 181 Å². The molecule has 1 N–H and O–H groups in total. The molecule has 2 heterocycles. The number of hydrogen-bond donors (Lipinski definition) is 1. The van der Waals surface area contributed by atoms with Gasteiger partial charge in [-0.2, -0.15) is 4.73 Å². The van der Waals surface area contributed by atoms with Crippen LogP contribution >= 0.6 is 0 Å². The minimum Gasteiger partial charge on any atom is -0.457 e. The van der Waals surface area contributed by atoms with E-state index >= 15 is 0 Å². The van der Waals surface area contributed by atoms with E-state index in [1.807, 2.05) is 36.4 Å². The molecule has 6 nitrogen and oxygen atoms in total. The van der Waals surface area contributed by atoms with Gasteiger partial charge in [0.2, 0.25) is 0 Å². The minimum absolute atomic E-state index is 0.290. The zero-order chi connectivity index (χ0) is 21.6. The highest BCUT2D eigenvalue weighted by atomic mass is 32.2. The van der Waals surface area contributed by atoms with E-state index in [4.69, 9.17) is 4.74 Å². The van der Waals surface area contributed by atoms with Crippen LogP contribution in [-0.2, 0) is 9.84 Å². The number of nitrogens with zero attached hydrogens (tertiary/aromatic N) is 2. The van der Waals surface area contributed by atoms with Crippen molar-refractivity contribution in [3.8, 4) is 34.0 Å². The van der Waals surface area contributed by atoms with E-state index < -0.39 is 9.84 Å². The van der Waals surface area contributed by atoms with Crippen molar-refractivity contribution in [2.45, 2.75) is 36.3 Å². The van der Waals surface area contributed by atoms with Crippen LogP contribution in [0.1, 0.15) is 25.0 Å². The van der Waals surface area contributed by atoms with Gasteiger partial charge in [0.15, 0.2) is 15.7 Å². The normalized spacial score (nSPS) is 14.5. The third kappa shape index (κ3) is 3.35. The Morgan fingerprint density at radius 3 is 2.48 bits per heavy atom. The first-order valence-electron chi connectivity index (χ1n) is 10.2. The SMILES string of the molecule is Cc1cc(-c2cc(S(=O)(=O)C3CCC3)ccc2Oc2ccccc2)c2ccnc-2n1O. The quantitative estimate of drug-likeness (QED) is 0.430. The van der Waals surface area contributed by atoms with Gasteiger partial charge in [-0.15, -0.1) is 0 Å². The molecule has 2 aromatic carbocycles. The molecule has 31 heavy (non-hydrogen) atoms. The lowest BCUT2D eigenvalue weighted by atomic mass is 9.98. The maximum Gasteiger partial charge on any atom is 0.181 e. The van der Waals surface area contributed by atoms with Gasteiger partial charge in [0.1, 0.15) is 11.5 Å². The Bertz CT molecular complexity index is 1330. The van der Waals surface area contributed by atoms with E-state index in [0.717, 1.165) is 16.7 Å². The first-order chi connectivity index (χ1) is 14.9. The van der Waals surface area contributed by atoms with Crippen molar-refractivity contribution in [3.05, 3.63) is 72.6 Å². The van der Waals surface area contributed by atoms with Crippen molar-refractivity contribution in [1.29, 1.82) is 0 Å². The van der Waals surface area contributed by atoms with E-state index in [2.05, 4.69) is 4.98 Å². The van der Waals surface area contributed by atoms with Gasteiger partial charge in [-0.1, -0.05) is 24.6 Å². The highest BCUT2D eigenvalue weighted by Crippen LogP contribution is 2.42. The second kappa shape index (κ2) is 7.42. The lowest BCUT2D eigenvalue weighted by Crippen LogP contribution is -2.28. The number of sulfone groups is 1. The molecule has 7 heteroatoms. The van der Waals surface area contributed by atoms with Gasteiger partial charge >= 0.3 is 0 Å². The number of pyridine rings is 1. The molecule has 2 aliphatic heterocycles. The van der Waals surface area contributed by atoms with Crippen molar-refractivity contribution in [2.24, 2.45) is 0 Å². The molecular weight excluding hydrogens is 412 g/mol. The molecule has 0 atom stereocenters. The summed E-state index contributed by atoms with van der Waals surface area (Å²) in [5, 5.41) is 10.0. The Morgan fingerprint density at radius 2 is 1.77 bits per heavy atom. The monoisotopic (exact) mass is 434 g/mol. The fourth-order valence-corrected chi connectivity index (χ4v) is 5.80. The summed E-state index contributed by atoms with van der Waals surface area (Å²) >= 11 is 0. The van der Waals surface area contributed by atoms with E-state index in [-0.39, 0.29) is 5.25 Å². The Morgan fingerprint density at radius 1 is 1.00 bits per heavy atom. The topological polar surface area (TPSA) is 81.4 Å². The number of aromatic nitrogens is 2. The molecule has 0 aromatic heterocycles. The molecular formula is C24H22N2O4S. The summed E-state index contributed by atoms with van der Waals surface area (Å²) in [4.78, 5) is 4.55. The fraction of sp³-hybridized carbons (Fsp3) is 0.208. The molecule has 0 radical (unpaired) electrons. The van der Waals surface area contributed by atoms with Crippen LogP contribution in [0.25, 0.3) is 22.5 Å². The fourth-order valence-electron chi connectivity index (χ4n) is 3.92. The average Bonchev–Trinajstić information content (AvgIpc) is 3.20. The van der Waals surface area contributed by atoms with E-state index in [9.17, 15) is 13.6 Å². The van der Waals surface area contributed by atoms with Gasteiger partial charge < -0.3 is 9.94 Å². The zero-order valence-electron chi connectivity index (χ0n) is 17.0. The summed E-state index contributed by atoms with van der Waals surface area (Å²) < 4.78 is 33.4. The summed E-state index contributed by atoms with van der Waals surface area (Å²) in [6, 6.07) is 18.0. The molecule has 1 saturated carbocycles.